The fourth-order valence-electron chi connectivity index (χ4n) is 2.53. The van der Waals surface area contributed by atoms with Gasteiger partial charge in [0.05, 0.1) is 18.1 Å². The second-order valence-corrected chi connectivity index (χ2v) is 5.43. The molecule has 6 heteroatoms. The van der Waals surface area contributed by atoms with E-state index in [2.05, 4.69) is 6.07 Å². The Kier molecular flexibility index (Phi) is 5.61. The summed E-state index contributed by atoms with van der Waals surface area (Å²) in [5.41, 5.74) is 8.18. The summed E-state index contributed by atoms with van der Waals surface area (Å²) in [5.74, 6) is -0.816. The van der Waals surface area contributed by atoms with Crippen molar-refractivity contribution in [3.05, 3.63) is 58.2 Å². The average molecular weight is 328 g/mol. The first-order valence-corrected chi connectivity index (χ1v) is 7.50. The molecule has 0 amide bonds. The molecule has 6 nitrogen and oxygen atoms in total. The maximum Gasteiger partial charge on any atom is 0.338 e. The zero-order chi connectivity index (χ0) is 17.7. The summed E-state index contributed by atoms with van der Waals surface area (Å²) in [6.07, 6.45) is 0. The number of allylic oxidation sites excluding steroid dienone is 2. The van der Waals surface area contributed by atoms with Gasteiger partial charge in [0, 0.05) is 7.11 Å². The molecule has 0 spiro atoms. The lowest BCUT2D eigenvalue weighted by molar-refractivity contribution is -0.140. The van der Waals surface area contributed by atoms with Gasteiger partial charge in [-0.15, -0.1) is 0 Å². The van der Waals surface area contributed by atoms with E-state index in [-0.39, 0.29) is 30.2 Å². The number of hydrogen-bond acceptors (Lipinski definition) is 6. The second-order valence-electron chi connectivity index (χ2n) is 5.43. The van der Waals surface area contributed by atoms with E-state index in [4.69, 9.17) is 19.9 Å². The Bertz CT molecular complexity index is 726. The Morgan fingerprint density at radius 2 is 1.96 bits per heavy atom. The number of rotatable bonds is 5. The number of nitriles is 1. The van der Waals surface area contributed by atoms with Crippen LogP contribution in [0, 0.1) is 18.3 Å². The van der Waals surface area contributed by atoms with Gasteiger partial charge in [-0.25, -0.2) is 4.79 Å². The minimum Gasteiger partial charge on any atom is -0.460 e. The molecular formula is C18H20N2O4. The lowest BCUT2D eigenvalue weighted by Gasteiger charge is -2.27. The van der Waals surface area contributed by atoms with Crippen LogP contribution in [-0.4, -0.2) is 26.3 Å². The van der Waals surface area contributed by atoms with Crippen LogP contribution in [0.3, 0.4) is 0 Å². The van der Waals surface area contributed by atoms with Crippen LogP contribution in [0.25, 0.3) is 0 Å². The lowest BCUT2D eigenvalue weighted by atomic mass is 9.83. The molecule has 1 heterocycles. The minimum atomic E-state index is -0.612. The molecule has 0 aliphatic carbocycles. The van der Waals surface area contributed by atoms with Gasteiger partial charge in [-0.05, 0) is 19.4 Å². The van der Waals surface area contributed by atoms with Crippen molar-refractivity contribution < 1.29 is 19.0 Å². The summed E-state index contributed by atoms with van der Waals surface area (Å²) in [6.45, 7) is 4.00. The number of aryl methyl sites for hydroxylation is 1. The van der Waals surface area contributed by atoms with Crippen molar-refractivity contribution in [2.45, 2.75) is 19.8 Å². The highest BCUT2D eigenvalue weighted by atomic mass is 16.6. The first kappa shape index (κ1) is 17.6. The van der Waals surface area contributed by atoms with Gasteiger partial charge in [0.15, 0.2) is 0 Å². The lowest BCUT2D eigenvalue weighted by Crippen LogP contribution is -2.26. The summed E-state index contributed by atoms with van der Waals surface area (Å²) < 4.78 is 15.5. The zero-order valence-corrected chi connectivity index (χ0v) is 14.0. The number of carbonyl (C=O) groups is 1. The number of hydrogen-bond donors (Lipinski definition) is 1. The standard InChI is InChI=1S/C18H20N2O4/c1-11-4-6-13(7-5-11)16-14(10-19)17(20)24-12(2)15(16)18(21)23-9-8-22-3/h4-7,16H,8-9,20H2,1-3H3/t16-/m0/s1. The Labute approximate surface area is 141 Å². The van der Waals surface area contributed by atoms with E-state index in [9.17, 15) is 10.1 Å². The molecule has 0 bridgehead atoms. The van der Waals surface area contributed by atoms with Crippen molar-refractivity contribution in [3.8, 4) is 6.07 Å². The van der Waals surface area contributed by atoms with Crippen LogP contribution < -0.4 is 5.73 Å². The molecular weight excluding hydrogens is 308 g/mol. The smallest absolute Gasteiger partial charge is 0.338 e. The van der Waals surface area contributed by atoms with Crippen molar-refractivity contribution in [1.82, 2.24) is 0 Å². The first-order valence-electron chi connectivity index (χ1n) is 7.50. The van der Waals surface area contributed by atoms with Gasteiger partial charge in [0.1, 0.15) is 24.0 Å². The SMILES string of the molecule is COCCOC(=O)C1=C(C)OC(N)=C(C#N)[C@@H]1c1ccc(C)cc1. The van der Waals surface area contributed by atoms with Crippen LogP contribution >= 0.6 is 0 Å². The van der Waals surface area contributed by atoms with Crippen molar-refractivity contribution in [1.29, 1.82) is 5.26 Å². The third-order valence-electron chi connectivity index (χ3n) is 3.76. The quantitative estimate of drug-likeness (QED) is 0.658. The van der Waals surface area contributed by atoms with E-state index in [1.54, 1.807) is 6.92 Å². The second kappa shape index (κ2) is 7.66. The molecule has 0 unspecified atom stereocenters. The van der Waals surface area contributed by atoms with Gasteiger partial charge in [0.2, 0.25) is 5.88 Å². The van der Waals surface area contributed by atoms with Crippen LogP contribution in [0.2, 0.25) is 0 Å². The van der Waals surface area contributed by atoms with Crippen molar-refractivity contribution in [2.75, 3.05) is 20.3 Å². The monoisotopic (exact) mass is 328 g/mol. The van der Waals surface area contributed by atoms with Gasteiger partial charge in [-0.1, -0.05) is 29.8 Å². The molecule has 126 valence electrons. The van der Waals surface area contributed by atoms with E-state index >= 15 is 0 Å². The number of benzene rings is 1. The largest absolute Gasteiger partial charge is 0.460 e. The Balaban J connectivity index is 2.45. The highest BCUT2D eigenvalue weighted by Crippen LogP contribution is 2.39. The van der Waals surface area contributed by atoms with E-state index in [0.717, 1.165) is 11.1 Å². The van der Waals surface area contributed by atoms with Gasteiger partial charge in [-0.2, -0.15) is 5.26 Å². The minimum absolute atomic E-state index is 0.00835. The summed E-state index contributed by atoms with van der Waals surface area (Å²) in [4.78, 5) is 12.5. The molecule has 1 aliphatic heterocycles. The molecule has 1 atom stereocenters. The molecule has 1 aliphatic rings. The number of ether oxygens (including phenoxy) is 3. The predicted octanol–water partition coefficient (Wildman–Crippen LogP) is 2.27. The molecule has 0 aromatic heterocycles. The maximum atomic E-state index is 12.5. The molecule has 2 rings (SSSR count). The Morgan fingerprint density at radius 3 is 2.54 bits per heavy atom. The van der Waals surface area contributed by atoms with Crippen LogP contribution in [-0.2, 0) is 19.0 Å². The first-order chi connectivity index (χ1) is 11.5. The third kappa shape index (κ3) is 3.58. The number of esters is 1. The molecule has 1 aromatic carbocycles. The van der Waals surface area contributed by atoms with Crippen LogP contribution in [0.15, 0.2) is 47.1 Å². The van der Waals surface area contributed by atoms with Gasteiger partial charge < -0.3 is 19.9 Å². The molecule has 2 N–H and O–H groups in total. The van der Waals surface area contributed by atoms with Crippen molar-refractivity contribution >= 4 is 5.97 Å². The molecule has 0 saturated carbocycles. The summed E-state index contributed by atoms with van der Waals surface area (Å²) in [5, 5.41) is 9.49. The number of nitrogens with two attached hydrogens (primary N) is 1. The molecule has 0 saturated heterocycles. The van der Waals surface area contributed by atoms with Gasteiger partial charge >= 0.3 is 5.97 Å². The van der Waals surface area contributed by atoms with Gasteiger partial charge in [0.25, 0.3) is 0 Å². The van der Waals surface area contributed by atoms with Crippen LogP contribution in [0.4, 0.5) is 0 Å². The fourth-order valence-corrected chi connectivity index (χ4v) is 2.53. The highest BCUT2D eigenvalue weighted by molar-refractivity contribution is 5.92. The van der Waals surface area contributed by atoms with Crippen molar-refractivity contribution in [3.63, 3.8) is 0 Å². The topological polar surface area (TPSA) is 94.6 Å². The van der Waals surface area contributed by atoms with E-state index < -0.39 is 11.9 Å². The summed E-state index contributed by atoms with van der Waals surface area (Å²) in [6, 6.07) is 9.62. The van der Waals surface area contributed by atoms with Crippen LogP contribution in [0.1, 0.15) is 24.0 Å². The molecule has 24 heavy (non-hydrogen) atoms. The van der Waals surface area contributed by atoms with E-state index in [0.29, 0.717) is 5.76 Å². The Morgan fingerprint density at radius 1 is 1.29 bits per heavy atom. The zero-order valence-electron chi connectivity index (χ0n) is 14.0. The fraction of sp³-hybridized carbons (Fsp3) is 0.333. The predicted molar refractivity (Wildman–Crippen MR) is 87.4 cm³/mol. The Hall–Kier alpha value is -2.78. The molecule has 0 radical (unpaired) electrons. The number of methoxy groups -OCH3 is 1. The summed E-state index contributed by atoms with van der Waals surface area (Å²) in [7, 11) is 1.52. The van der Waals surface area contributed by atoms with E-state index in [1.807, 2.05) is 31.2 Å². The summed E-state index contributed by atoms with van der Waals surface area (Å²) >= 11 is 0. The number of carbonyl (C=O) groups excluding carboxylic acids is 1. The normalized spacial score (nSPS) is 17.3. The van der Waals surface area contributed by atoms with Gasteiger partial charge in [-0.3, -0.25) is 0 Å². The van der Waals surface area contributed by atoms with Crippen LogP contribution in [0.5, 0.6) is 0 Å². The highest BCUT2D eigenvalue weighted by Gasteiger charge is 2.36. The van der Waals surface area contributed by atoms with Crippen molar-refractivity contribution in [2.24, 2.45) is 5.73 Å². The van der Waals surface area contributed by atoms with E-state index in [1.165, 1.54) is 7.11 Å². The maximum absolute atomic E-state index is 12.5. The number of nitrogens with zero attached hydrogens (tertiary/aromatic N) is 1. The molecule has 0 fully saturated rings. The average Bonchev–Trinajstić information content (AvgIpc) is 2.55. The molecule has 1 aromatic rings. The third-order valence-corrected chi connectivity index (χ3v) is 3.76.